The van der Waals surface area contributed by atoms with Crippen LogP contribution in [-0.2, 0) is 9.53 Å². The number of aryl methyl sites for hydroxylation is 1. The maximum absolute atomic E-state index is 12.4. The predicted octanol–water partition coefficient (Wildman–Crippen LogP) is 4.31. The summed E-state index contributed by atoms with van der Waals surface area (Å²) in [4.78, 5) is 25.1. The highest BCUT2D eigenvalue weighted by Gasteiger charge is 2.24. The molecule has 1 amide bonds. The van der Waals surface area contributed by atoms with E-state index in [2.05, 4.69) is 5.32 Å². The molecule has 1 rings (SSSR count). The van der Waals surface area contributed by atoms with Gasteiger partial charge in [-0.05, 0) is 58.0 Å². The van der Waals surface area contributed by atoms with Gasteiger partial charge in [-0.25, -0.2) is 4.79 Å². The van der Waals surface area contributed by atoms with Gasteiger partial charge in [0, 0.05) is 4.90 Å². The third kappa shape index (κ3) is 6.98. The minimum Gasteiger partial charge on any atom is -0.444 e. The van der Waals surface area contributed by atoms with Crippen molar-refractivity contribution in [1.29, 1.82) is 0 Å². The third-order valence-electron chi connectivity index (χ3n) is 2.79. The molecule has 0 aromatic heterocycles. The van der Waals surface area contributed by atoms with Crippen LogP contribution >= 0.6 is 11.8 Å². The molecule has 0 bridgehead atoms. The van der Waals surface area contributed by atoms with Crippen molar-refractivity contribution in [3.63, 3.8) is 0 Å². The number of hydrogen-bond acceptors (Lipinski definition) is 4. The van der Waals surface area contributed by atoms with Crippen LogP contribution in [0.4, 0.5) is 4.79 Å². The summed E-state index contributed by atoms with van der Waals surface area (Å²) in [5.74, 6) is 0. The molecule has 0 heterocycles. The number of hydrogen-bond donors (Lipinski definition) is 1. The first-order valence-electron chi connectivity index (χ1n) is 7.49. The Hall–Kier alpha value is -1.49. The van der Waals surface area contributed by atoms with E-state index in [9.17, 15) is 9.59 Å². The molecule has 1 N–H and O–H groups in total. The van der Waals surface area contributed by atoms with Gasteiger partial charge in [-0.1, -0.05) is 31.0 Å². The monoisotopic (exact) mass is 323 g/mol. The van der Waals surface area contributed by atoms with E-state index in [0.717, 1.165) is 28.6 Å². The highest BCUT2D eigenvalue weighted by atomic mass is 32.2. The molecule has 1 unspecified atom stereocenters. The largest absolute Gasteiger partial charge is 0.444 e. The van der Waals surface area contributed by atoms with Crippen molar-refractivity contribution in [1.82, 2.24) is 5.32 Å². The van der Waals surface area contributed by atoms with Crippen LogP contribution in [0.2, 0.25) is 0 Å². The highest BCUT2D eigenvalue weighted by Crippen LogP contribution is 2.22. The number of carbonyl (C=O) groups excluding carboxylic acids is 2. The van der Waals surface area contributed by atoms with E-state index < -0.39 is 17.7 Å². The smallest absolute Gasteiger partial charge is 0.408 e. The summed E-state index contributed by atoms with van der Waals surface area (Å²) in [6.07, 6.45) is 0.848. The standard InChI is InChI=1S/C17H25NO3S/c1-6-7-14(18-16(20)21-17(3,4)5)15(19)22-13-10-8-12(2)9-11-13/h8-11,14H,6-7H2,1-5H3,(H,18,20). The Balaban J connectivity index is 2.66. The van der Waals surface area contributed by atoms with Crippen molar-refractivity contribution in [2.24, 2.45) is 0 Å². The molecule has 122 valence electrons. The second-order valence-electron chi connectivity index (χ2n) is 6.22. The molecule has 0 radical (unpaired) electrons. The van der Waals surface area contributed by atoms with E-state index >= 15 is 0 Å². The molecular formula is C17H25NO3S. The number of alkyl carbamates (subject to hydrolysis) is 1. The summed E-state index contributed by atoms with van der Waals surface area (Å²) in [7, 11) is 0. The van der Waals surface area contributed by atoms with Crippen LogP contribution in [-0.4, -0.2) is 22.9 Å². The Morgan fingerprint density at radius 1 is 1.23 bits per heavy atom. The SMILES string of the molecule is CCCC(NC(=O)OC(C)(C)C)C(=O)Sc1ccc(C)cc1. The minimum atomic E-state index is -0.575. The lowest BCUT2D eigenvalue weighted by molar-refractivity contribution is -0.113. The molecule has 0 aliphatic rings. The lowest BCUT2D eigenvalue weighted by Gasteiger charge is -2.22. The molecule has 0 saturated carbocycles. The fraction of sp³-hybridized carbons (Fsp3) is 0.529. The number of rotatable bonds is 5. The molecule has 5 heteroatoms. The van der Waals surface area contributed by atoms with E-state index in [0.29, 0.717) is 6.42 Å². The molecule has 4 nitrogen and oxygen atoms in total. The molecule has 0 aliphatic carbocycles. The van der Waals surface area contributed by atoms with Gasteiger partial charge in [-0.3, -0.25) is 4.79 Å². The molecule has 0 fully saturated rings. The van der Waals surface area contributed by atoms with Crippen molar-refractivity contribution in [2.45, 2.75) is 64.0 Å². The summed E-state index contributed by atoms with van der Waals surface area (Å²) >= 11 is 1.15. The Bertz CT molecular complexity index is 506. The Morgan fingerprint density at radius 3 is 2.32 bits per heavy atom. The molecule has 1 aromatic rings. The zero-order chi connectivity index (χ0) is 16.8. The predicted molar refractivity (Wildman–Crippen MR) is 90.1 cm³/mol. The second-order valence-corrected chi connectivity index (χ2v) is 7.30. The van der Waals surface area contributed by atoms with Crippen molar-refractivity contribution in [3.05, 3.63) is 29.8 Å². The fourth-order valence-corrected chi connectivity index (χ4v) is 2.60. The minimum absolute atomic E-state index is 0.0726. The molecule has 1 atom stereocenters. The van der Waals surface area contributed by atoms with E-state index in [4.69, 9.17) is 4.74 Å². The normalized spacial score (nSPS) is 12.6. The lowest BCUT2D eigenvalue weighted by Crippen LogP contribution is -2.42. The van der Waals surface area contributed by atoms with Crippen LogP contribution in [0.15, 0.2) is 29.2 Å². The zero-order valence-electron chi connectivity index (χ0n) is 13.9. The number of thioether (sulfide) groups is 1. The molecule has 1 aromatic carbocycles. The average molecular weight is 323 g/mol. The van der Waals surface area contributed by atoms with Crippen LogP contribution in [0, 0.1) is 6.92 Å². The van der Waals surface area contributed by atoms with Crippen molar-refractivity contribution < 1.29 is 14.3 Å². The Morgan fingerprint density at radius 2 is 1.82 bits per heavy atom. The van der Waals surface area contributed by atoms with Crippen molar-refractivity contribution in [2.75, 3.05) is 0 Å². The van der Waals surface area contributed by atoms with E-state index in [-0.39, 0.29) is 5.12 Å². The van der Waals surface area contributed by atoms with E-state index in [1.807, 2.05) is 38.1 Å². The molecule has 22 heavy (non-hydrogen) atoms. The van der Waals surface area contributed by atoms with Gasteiger partial charge in [-0.15, -0.1) is 0 Å². The van der Waals surface area contributed by atoms with Gasteiger partial charge in [0.1, 0.15) is 11.6 Å². The van der Waals surface area contributed by atoms with Gasteiger partial charge >= 0.3 is 6.09 Å². The summed E-state index contributed by atoms with van der Waals surface area (Å²) in [5, 5.41) is 2.60. The van der Waals surface area contributed by atoms with Crippen LogP contribution in [0.25, 0.3) is 0 Å². The number of nitrogens with one attached hydrogen (secondary N) is 1. The van der Waals surface area contributed by atoms with Gasteiger partial charge in [0.15, 0.2) is 0 Å². The quantitative estimate of drug-likeness (QED) is 0.821. The number of benzene rings is 1. The maximum atomic E-state index is 12.4. The summed E-state index contributed by atoms with van der Waals surface area (Å²) < 4.78 is 5.22. The van der Waals surface area contributed by atoms with Crippen LogP contribution in [0.5, 0.6) is 0 Å². The van der Waals surface area contributed by atoms with Gasteiger partial charge in [0.2, 0.25) is 5.12 Å². The first kappa shape index (κ1) is 18.6. The van der Waals surface area contributed by atoms with Crippen molar-refractivity contribution in [3.8, 4) is 0 Å². The highest BCUT2D eigenvalue weighted by molar-refractivity contribution is 8.13. The van der Waals surface area contributed by atoms with Gasteiger partial charge in [0.25, 0.3) is 0 Å². The van der Waals surface area contributed by atoms with Crippen molar-refractivity contribution >= 4 is 23.0 Å². The van der Waals surface area contributed by atoms with Gasteiger partial charge < -0.3 is 10.1 Å². The van der Waals surface area contributed by atoms with Crippen LogP contribution in [0.3, 0.4) is 0 Å². The van der Waals surface area contributed by atoms with Crippen LogP contribution in [0.1, 0.15) is 46.1 Å². The fourth-order valence-electron chi connectivity index (χ4n) is 1.78. The molecule has 0 saturated heterocycles. The number of carbonyl (C=O) groups is 2. The molecular weight excluding hydrogens is 298 g/mol. The second kappa shape index (κ2) is 8.22. The Kier molecular flexibility index (Phi) is 6.94. The van der Waals surface area contributed by atoms with E-state index in [1.54, 1.807) is 20.8 Å². The summed E-state index contributed by atoms with van der Waals surface area (Å²) in [6, 6.07) is 7.21. The number of amides is 1. The Labute approximate surface area is 137 Å². The van der Waals surface area contributed by atoms with Gasteiger partial charge in [0.05, 0.1) is 0 Å². The number of ether oxygens (including phenoxy) is 1. The maximum Gasteiger partial charge on any atom is 0.408 e. The topological polar surface area (TPSA) is 55.4 Å². The first-order valence-corrected chi connectivity index (χ1v) is 8.31. The van der Waals surface area contributed by atoms with E-state index in [1.165, 1.54) is 0 Å². The summed E-state index contributed by atoms with van der Waals surface area (Å²) in [5.41, 5.74) is 0.572. The van der Waals surface area contributed by atoms with Crippen LogP contribution < -0.4 is 5.32 Å². The third-order valence-corrected chi connectivity index (χ3v) is 3.79. The van der Waals surface area contributed by atoms with Gasteiger partial charge in [-0.2, -0.15) is 0 Å². The molecule has 0 spiro atoms. The lowest BCUT2D eigenvalue weighted by atomic mass is 10.2. The molecule has 0 aliphatic heterocycles. The first-order chi connectivity index (χ1) is 10.2. The zero-order valence-corrected chi connectivity index (χ0v) is 14.8. The summed E-state index contributed by atoms with van der Waals surface area (Å²) in [6.45, 7) is 9.37. The average Bonchev–Trinajstić information content (AvgIpc) is 2.38.